The van der Waals surface area contributed by atoms with Gasteiger partial charge in [0.2, 0.25) is 0 Å². The smallest absolute Gasteiger partial charge is 0.404 e. The molecular formula is C20H20ClF2NO4S. The second-order valence-electron chi connectivity index (χ2n) is 7.15. The van der Waals surface area contributed by atoms with E-state index in [1.165, 1.54) is 24.3 Å². The fourth-order valence-corrected chi connectivity index (χ4v) is 6.17. The lowest BCUT2D eigenvalue weighted by atomic mass is 9.78. The first kappa shape index (κ1) is 21.5. The van der Waals surface area contributed by atoms with Gasteiger partial charge >= 0.3 is 6.09 Å². The summed E-state index contributed by atoms with van der Waals surface area (Å²) < 4.78 is 59.1. The van der Waals surface area contributed by atoms with Crippen molar-refractivity contribution in [2.24, 2.45) is 11.7 Å². The van der Waals surface area contributed by atoms with E-state index in [1.54, 1.807) is 0 Å². The van der Waals surface area contributed by atoms with Crippen LogP contribution in [0.4, 0.5) is 13.6 Å². The van der Waals surface area contributed by atoms with Crippen LogP contribution in [0.15, 0.2) is 47.4 Å². The lowest BCUT2D eigenvalue weighted by Gasteiger charge is -2.40. The number of carbonyl (C=O) groups is 1. The van der Waals surface area contributed by atoms with Gasteiger partial charge in [0.1, 0.15) is 16.4 Å². The molecule has 2 N–H and O–H groups in total. The fraction of sp³-hybridized carbons (Fsp3) is 0.350. The Labute approximate surface area is 172 Å². The monoisotopic (exact) mass is 443 g/mol. The van der Waals surface area contributed by atoms with E-state index in [9.17, 15) is 22.0 Å². The van der Waals surface area contributed by atoms with E-state index in [0.29, 0.717) is 17.9 Å². The van der Waals surface area contributed by atoms with Crippen LogP contribution in [-0.4, -0.2) is 21.1 Å². The summed E-state index contributed by atoms with van der Waals surface area (Å²) >= 11 is 5.87. The fourth-order valence-electron chi connectivity index (χ4n) is 3.88. The third-order valence-corrected chi connectivity index (χ3v) is 8.23. The lowest BCUT2D eigenvalue weighted by molar-refractivity contribution is 0.118. The molecule has 0 aliphatic heterocycles. The zero-order valence-electron chi connectivity index (χ0n) is 15.4. The normalized spacial score (nSPS) is 22.2. The number of carbonyl (C=O) groups excluding carboxylic acids is 1. The van der Waals surface area contributed by atoms with Gasteiger partial charge in [-0.2, -0.15) is 0 Å². The lowest BCUT2D eigenvalue weighted by Crippen LogP contribution is -2.41. The van der Waals surface area contributed by atoms with Crippen LogP contribution in [0.1, 0.15) is 31.2 Å². The number of halogens is 3. The minimum absolute atomic E-state index is 0.0163. The van der Waals surface area contributed by atoms with Gasteiger partial charge in [-0.15, -0.1) is 0 Å². The number of benzene rings is 2. The predicted molar refractivity (Wildman–Crippen MR) is 104 cm³/mol. The predicted octanol–water partition coefficient (Wildman–Crippen LogP) is 4.57. The van der Waals surface area contributed by atoms with Crippen LogP contribution in [0.25, 0.3) is 0 Å². The first-order chi connectivity index (χ1) is 13.7. The molecule has 0 bridgehead atoms. The summed E-state index contributed by atoms with van der Waals surface area (Å²) in [6.45, 7) is 0.0536. The average Bonchev–Trinajstić information content (AvgIpc) is 2.69. The summed E-state index contributed by atoms with van der Waals surface area (Å²) in [5.74, 6) is -1.62. The first-order valence-electron chi connectivity index (χ1n) is 9.04. The van der Waals surface area contributed by atoms with Crippen LogP contribution < -0.4 is 5.73 Å². The van der Waals surface area contributed by atoms with Gasteiger partial charge in [-0.05, 0) is 74.1 Å². The van der Waals surface area contributed by atoms with Crippen molar-refractivity contribution in [3.05, 3.63) is 64.7 Å². The second kappa shape index (κ2) is 8.28. The van der Waals surface area contributed by atoms with Crippen LogP contribution in [-0.2, 0) is 19.3 Å². The number of ether oxygens (including phenoxy) is 1. The highest BCUT2D eigenvalue weighted by Crippen LogP contribution is 2.49. The number of sulfone groups is 1. The Morgan fingerprint density at radius 1 is 1.14 bits per heavy atom. The number of rotatable bonds is 5. The molecule has 1 aliphatic carbocycles. The molecule has 1 saturated carbocycles. The van der Waals surface area contributed by atoms with Crippen LogP contribution in [0.3, 0.4) is 0 Å². The molecule has 1 aliphatic rings. The molecular weight excluding hydrogens is 424 g/mol. The summed E-state index contributed by atoms with van der Waals surface area (Å²) in [7, 11) is -4.09. The summed E-state index contributed by atoms with van der Waals surface area (Å²) in [5.41, 5.74) is 4.80. The van der Waals surface area contributed by atoms with E-state index < -0.39 is 32.3 Å². The number of nitrogens with two attached hydrogens (primary N) is 1. The van der Waals surface area contributed by atoms with Crippen molar-refractivity contribution in [1.29, 1.82) is 0 Å². The SMILES string of the molecule is NC(=O)OC[C@H]1CC[C@@](c2cc(F)ccc2F)(S(=O)(=O)c2ccc(Cl)cc2)CC1. The molecule has 156 valence electrons. The Balaban J connectivity index is 2.05. The molecule has 0 heterocycles. The van der Waals surface area contributed by atoms with Crippen molar-refractivity contribution < 1.29 is 26.7 Å². The van der Waals surface area contributed by atoms with Crippen LogP contribution in [0.2, 0.25) is 5.02 Å². The van der Waals surface area contributed by atoms with E-state index in [-0.39, 0.29) is 35.8 Å². The molecule has 0 spiro atoms. The van der Waals surface area contributed by atoms with Crippen molar-refractivity contribution in [1.82, 2.24) is 0 Å². The molecule has 1 amide bonds. The Hall–Kier alpha value is -2.19. The van der Waals surface area contributed by atoms with E-state index in [0.717, 1.165) is 18.2 Å². The molecule has 0 aromatic heterocycles. The van der Waals surface area contributed by atoms with Crippen LogP contribution in [0.5, 0.6) is 0 Å². The molecule has 5 nitrogen and oxygen atoms in total. The van der Waals surface area contributed by atoms with Crippen molar-refractivity contribution in [3.63, 3.8) is 0 Å². The second-order valence-corrected chi connectivity index (χ2v) is 9.85. The molecule has 0 saturated heterocycles. The average molecular weight is 444 g/mol. The number of hydrogen-bond acceptors (Lipinski definition) is 4. The zero-order chi connectivity index (χ0) is 21.2. The van der Waals surface area contributed by atoms with Gasteiger partial charge in [0, 0.05) is 10.6 Å². The minimum Gasteiger partial charge on any atom is -0.449 e. The Kier molecular flexibility index (Phi) is 6.14. The summed E-state index contributed by atoms with van der Waals surface area (Å²) in [5, 5.41) is 0.363. The third-order valence-electron chi connectivity index (χ3n) is 5.43. The third kappa shape index (κ3) is 4.23. The largest absolute Gasteiger partial charge is 0.449 e. The van der Waals surface area contributed by atoms with Gasteiger partial charge in [-0.1, -0.05) is 11.6 Å². The van der Waals surface area contributed by atoms with Gasteiger partial charge in [-0.25, -0.2) is 22.0 Å². The van der Waals surface area contributed by atoms with E-state index in [4.69, 9.17) is 22.1 Å². The highest BCUT2D eigenvalue weighted by molar-refractivity contribution is 7.92. The van der Waals surface area contributed by atoms with Crippen LogP contribution >= 0.6 is 11.6 Å². The quantitative estimate of drug-likeness (QED) is 0.733. The Morgan fingerprint density at radius 3 is 2.34 bits per heavy atom. The maximum Gasteiger partial charge on any atom is 0.404 e. The minimum atomic E-state index is -4.09. The number of primary amides is 1. The molecule has 1 fully saturated rings. The van der Waals surface area contributed by atoms with Gasteiger partial charge in [-0.3, -0.25) is 0 Å². The highest BCUT2D eigenvalue weighted by atomic mass is 35.5. The Bertz CT molecular complexity index is 1000. The van der Waals surface area contributed by atoms with Crippen molar-refractivity contribution in [2.75, 3.05) is 6.61 Å². The van der Waals surface area contributed by atoms with Crippen molar-refractivity contribution >= 4 is 27.5 Å². The van der Waals surface area contributed by atoms with Gasteiger partial charge in [0.25, 0.3) is 0 Å². The molecule has 29 heavy (non-hydrogen) atoms. The summed E-state index contributed by atoms with van der Waals surface area (Å²) in [4.78, 5) is 10.8. The molecule has 0 unspecified atom stereocenters. The molecule has 3 rings (SSSR count). The molecule has 2 aromatic carbocycles. The van der Waals surface area contributed by atoms with E-state index in [1.807, 2.05) is 0 Å². The van der Waals surface area contributed by atoms with Crippen molar-refractivity contribution in [3.8, 4) is 0 Å². The van der Waals surface area contributed by atoms with Gasteiger partial charge < -0.3 is 10.5 Å². The Morgan fingerprint density at radius 2 is 1.76 bits per heavy atom. The highest BCUT2D eigenvalue weighted by Gasteiger charge is 2.50. The maximum atomic E-state index is 14.7. The number of amides is 1. The van der Waals surface area contributed by atoms with E-state index >= 15 is 0 Å². The number of hydrogen-bond donors (Lipinski definition) is 1. The van der Waals surface area contributed by atoms with Crippen LogP contribution in [0, 0.1) is 17.6 Å². The molecule has 2 aromatic rings. The molecule has 0 radical (unpaired) electrons. The zero-order valence-corrected chi connectivity index (χ0v) is 17.0. The standard InChI is InChI=1S/C20H20ClF2NO4S/c21-14-1-4-16(5-2-14)29(26,27)20(17-11-15(22)3-6-18(17)23)9-7-13(8-10-20)12-28-19(24)25/h1-6,11,13H,7-10,12H2,(H2,24,25)/t13-,20+. The summed E-state index contributed by atoms with van der Waals surface area (Å²) in [6, 6.07) is 8.44. The molecule has 0 atom stereocenters. The van der Waals surface area contributed by atoms with Gasteiger partial charge in [0.15, 0.2) is 9.84 Å². The maximum absolute atomic E-state index is 14.7. The first-order valence-corrected chi connectivity index (χ1v) is 10.9. The topological polar surface area (TPSA) is 86.5 Å². The summed E-state index contributed by atoms with van der Waals surface area (Å²) in [6.07, 6.45) is -0.130. The van der Waals surface area contributed by atoms with E-state index in [2.05, 4.69) is 0 Å². The van der Waals surface area contributed by atoms with Gasteiger partial charge in [0.05, 0.1) is 11.5 Å². The molecule has 9 heteroatoms. The van der Waals surface area contributed by atoms with Crippen molar-refractivity contribution in [2.45, 2.75) is 35.3 Å².